The van der Waals surface area contributed by atoms with Gasteiger partial charge in [0.15, 0.2) is 5.78 Å². The zero-order valence-corrected chi connectivity index (χ0v) is 11.2. The molecular formula is C15H18O4. The number of benzene rings is 1. The van der Waals surface area contributed by atoms with Gasteiger partial charge in [0.25, 0.3) is 0 Å². The van der Waals surface area contributed by atoms with E-state index >= 15 is 0 Å². The van der Waals surface area contributed by atoms with E-state index in [1.165, 1.54) is 0 Å². The predicted molar refractivity (Wildman–Crippen MR) is 72.7 cm³/mol. The number of hydrogen-bond donors (Lipinski definition) is 1. The molecule has 0 radical (unpaired) electrons. The highest BCUT2D eigenvalue weighted by Crippen LogP contribution is 2.21. The van der Waals surface area contributed by atoms with Crippen LogP contribution in [0.3, 0.4) is 0 Å². The van der Waals surface area contributed by atoms with E-state index in [1.54, 1.807) is 12.1 Å². The first-order valence-electron chi connectivity index (χ1n) is 6.23. The van der Waals surface area contributed by atoms with Crippen molar-refractivity contribution in [2.45, 2.75) is 26.7 Å². The Balaban J connectivity index is 2.93. The van der Waals surface area contributed by atoms with Gasteiger partial charge in [-0.1, -0.05) is 25.0 Å². The van der Waals surface area contributed by atoms with Crippen molar-refractivity contribution in [1.29, 1.82) is 0 Å². The fourth-order valence-electron chi connectivity index (χ4n) is 1.53. The molecule has 102 valence electrons. The Kier molecular flexibility index (Phi) is 5.79. The number of carboxylic acids is 1. The molecule has 19 heavy (non-hydrogen) atoms. The number of ketones is 1. The molecule has 1 aromatic carbocycles. The number of carbonyl (C=O) groups is 2. The summed E-state index contributed by atoms with van der Waals surface area (Å²) in [6, 6.07) is 5.31. The van der Waals surface area contributed by atoms with Crippen LogP contribution in [0, 0.1) is 6.92 Å². The maximum atomic E-state index is 11.9. The SMILES string of the molecule is CCCCOc1ccc(C)cc1C(=O)/C=C/C(=O)O. The number of carbonyl (C=O) groups excluding carboxylic acids is 1. The average Bonchev–Trinajstić information content (AvgIpc) is 2.37. The van der Waals surface area contributed by atoms with Gasteiger partial charge in [0.2, 0.25) is 0 Å². The lowest BCUT2D eigenvalue weighted by Crippen LogP contribution is -2.04. The first-order valence-corrected chi connectivity index (χ1v) is 6.23. The van der Waals surface area contributed by atoms with Crippen molar-refractivity contribution >= 4 is 11.8 Å². The molecule has 0 atom stereocenters. The lowest BCUT2D eigenvalue weighted by Gasteiger charge is -2.10. The number of unbranched alkanes of at least 4 members (excludes halogenated alkanes) is 1. The summed E-state index contributed by atoms with van der Waals surface area (Å²) in [7, 11) is 0. The molecule has 0 aromatic heterocycles. The second-order valence-corrected chi connectivity index (χ2v) is 4.24. The summed E-state index contributed by atoms with van der Waals surface area (Å²) in [4.78, 5) is 22.4. The van der Waals surface area contributed by atoms with Crippen molar-refractivity contribution in [3.8, 4) is 5.75 Å². The minimum Gasteiger partial charge on any atom is -0.493 e. The van der Waals surface area contributed by atoms with Crippen LogP contribution in [-0.4, -0.2) is 23.5 Å². The number of rotatable bonds is 7. The number of hydrogen-bond acceptors (Lipinski definition) is 3. The summed E-state index contributed by atoms with van der Waals surface area (Å²) in [5, 5.41) is 8.54. The summed E-state index contributed by atoms with van der Waals surface area (Å²) in [5.74, 6) is -1.01. The molecule has 0 amide bonds. The van der Waals surface area contributed by atoms with Crippen molar-refractivity contribution < 1.29 is 19.4 Å². The van der Waals surface area contributed by atoms with Crippen molar-refractivity contribution in [2.75, 3.05) is 6.61 Å². The molecule has 4 nitrogen and oxygen atoms in total. The predicted octanol–water partition coefficient (Wildman–Crippen LogP) is 3.00. The standard InChI is InChI=1S/C15H18O4/c1-3-4-9-19-14-7-5-11(2)10-12(14)13(16)6-8-15(17)18/h5-8,10H,3-4,9H2,1-2H3,(H,17,18)/b8-6+. The molecule has 0 aliphatic carbocycles. The lowest BCUT2D eigenvalue weighted by molar-refractivity contribution is -0.131. The highest BCUT2D eigenvalue weighted by atomic mass is 16.5. The van der Waals surface area contributed by atoms with Gasteiger partial charge in [0.05, 0.1) is 12.2 Å². The first-order chi connectivity index (χ1) is 9.04. The van der Waals surface area contributed by atoms with Gasteiger partial charge in [-0.25, -0.2) is 4.79 Å². The van der Waals surface area contributed by atoms with E-state index in [2.05, 4.69) is 6.92 Å². The van der Waals surface area contributed by atoms with Crippen LogP contribution in [-0.2, 0) is 4.79 Å². The van der Waals surface area contributed by atoms with E-state index in [4.69, 9.17) is 9.84 Å². The summed E-state index contributed by atoms with van der Waals surface area (Å²) in [5.41, 5.74) is 1.32. The smallest absolute Gasteiger partial charge is 0.328 e. The lowest BCUT2D eigenvalue weighted by atomic mass is 10.1. The molecular weight excluding hydrogens is 244 g/mol. The second-order valence-electron chi connectivity index (χ2n) is 4.24. The maximum absolute atomic E-state index is 11.9. The Bertz CT molecular complexity index is 489. The second kappa shape index (κ2) is 7.36. The van der Waals surface area contributed by atoms with Crippen molar-refractivity contribution in [3.05, 3.63) is 41.5 Å². The zero-order valence-electron chi connectivity index (χ0n) is 11.2. The monoisotopic (exact) mass is 262 g/mol. The van der Waals surface area contributed by atoms with Crippen LogP contribution in [0.15, 0.2) is 30.4 Å². The summed E-state index contributed by atoms with van der Waals surface area (Å²) < 4.78 is 5.56. The third kappa shape index (κ3) is 4.95. The third-order valence-electron chi connectivity index (χ3n) is 2.53. The topological polar surface area (TPSA) is 63.6 Å². The van der Waals surface area contributed by atoms with Gasteiger partial charge in [-0.15, -0.1) is 0 Å². The van der Waals surface area contributed by atoms with Gasteiger partial charge in [-0.2, -0.15) is 0 Å². The van der Waals surface area contributed by atoms with Crippen LogP contribution >= 0.6 is 0 Å². The highest BCUT2D eigenvalue weighted by molar-refractivity contribution is 6.08. The van der Waals surface area contributed by atoms with E-state index in [9.17, 15) is 9.59 Å². The molecule has 1 rings (SSSR count). The highest BCUT2D eigenvalue weighted by Gasteiger charge is 2.10. The van der Waals surface area contributed by atoms with Crippen LogP contribution in [0.25, 0.3) is 0 Å². The minimum absolute atomic E-state index is 0.363. The quantitative estimate of drug-likeness (QED) is 0.466. The molecule has 1 N–H and O–H groups in total. The fraction of sp³-hybridized carbons (Fsp3) is 0.333. The van der Waals surface area contributed by atoms with E-state index in [0.29, 0.717) is 17.9 Å². The summed E-state index contributed by atoms with van der Waals surface area (Å²) in [6.07, 6.45) is 3.80. The Morgan fingerprint density at radius 1 is 1.32 bits per heavy atom. The normalized spacial score (nSPS) is 10.6. The minimum atomic E-state index is -1.14. The number of aliphatic carboxylic acids is 1. The Morgan fingerprint density at radius 2 is 2.05 bits per heavy atom. The van der Waals surface area contributed by atoms with E-state index in [-0.39, 0.29) is 5.78 Å². The molecule has 0 bridgehead atoms. The fourth-order valence-corrected chi connectivity index (χ4v) is 1.53. The van der Waals surface area contributed by atoms with Crippen LogP contribution < -0.4 is 4.74 Å². The molecule has 0 fully saturated rings. The first kappa shape index (κ1) is 15.0. The molecule has 0 unspecified atom stereocenters. The summed E-state index contributed by atoms with van der Waals surface area (Å²) >= 11 is 0. The Labute approximate surface area is 112 Å². The largest absolute Gasteiger partial charge is 0.493 e. The van der Waals surface area contributed by atoms with Gasteiger partial charge in [-0.05, 0) is 31.6 Å². The van der Waals surface area contributed by atoms with Gasteiger partial charge >= 0.3 is 5.97 Å². The molecule has 0 aliphatic heterocycles. The van der Waals surface area contributed by atoms with Crippen LogP contribution in [0.5, 0.6) is 5.75 Å². The Hall–Kier alpha value is -2.10. The number of carboxylic acid groups (broad SMARTS) is 1. The van der Waals surface area contributed by atoms with Crippen molar-refractivity contribution in [3.63, 3.8) is 0 Å². The maximum Gasteiger partial charge on any atom is 0.328 e. The molecule has 0 saturated heterocycles. The van der Waals surface area contributed by atoms with Crippen molar-refractivity contribution in [1.82, 2.24) is 0 Å². The third-order valence-corrected chi connectivity index (χ3v) is 2.53. The van der Waals surface area contributed by atoms with Gasteiger partial charge in [0.1, 0.15) is 5.75 Å². The number of aryl methyl sites for hydroxylation is 1. The Morgan fingerprint density at radius 3 is 2.68 bits per heavy atom. The van der Waals surface area contributed by atoms with E-state index in [0.717, 1.165) is 30.6 Å². The number of allylic oxidation sites excluding steroid dienone is 1. The average molecular weight is 262 g/mol. The van der Waals surface area contributed by atoms with Gasteiger partial charge in [0, 0.05) is 6.08 Å². The van der Waals surface area contributed by atoms with Gasteiger partial charge < -0.3 is 9.84 Å². The summed E-state index contributed by atoms with van der Waals surface area (Å²) in [6.45, 7) is 4.47. The molecule has 1 aromatic rings. The van der Waals surface area contributed by atoms with Crippen molar-refractivity contribution in [2.24, 2.45) is 0 Å². The molecule has 0 spiro atoms. The van der Waals surface area contributed by atoms with Crippen LogP contribution in [0.2, 0.25) is 0 Å². The zero-order chi connectivity index (χ0) is 14.3. The van der Waals surface area contributed by atoms with E-state index < -0.39 is 5.97 Å². The van der Waals surface area contributed by atoms with Crippen LogP contribution in [0.1, 0.15) is 35.7 Å². The molecule has 0 heterocycles. The van der Waals surface area contributed by atoms with Crippen LogP contribution in [0.4, 0.5) is 0 Å². The van der Waals surface area contributed by atoms with E-state index in [1.807, 2.05) is 13.0 Å². The van der Waals surface area contributed by atoms with Gasteiger partial charge in [-0.3, -0.25) is 4.79 Å². The molecule has 0 aliphatic rings. The number of ether oxygens (including phenoxy) is 1. The molecule has 4 heteroatoms. The molecule has 0 saturated carbocycles.